The van der Waals surface area contributed by atoms with Crippen molar-refractivity contribution in [2.75, 3.05) is 0 Å². The predicted molar refractivity (Wildman–Crippen MR) is 88.1 cm³/mol. The highest BCUT2D eigenvalue weighted by Crippen LogP contribution is 2.36. The summed E-state index contributed by atoms with van der Waals surface area (Å²) < 4.78 is 18.1. The van der Waals surface area contributed by atoms with Gasteiger partial charge >= 0.3 is 13.2 Å². The molecule has 1 saturated heterocycles. The van der Waals surface area contributed by atoms with Crippen molar-refractivity contribution in [3.8, 4) is 0 Å². The Hall–Kier alpha value is -1.60. The summed E-state index contributed by atoms with van der Waals surface area (Å²) in [6.45, 7) is 13.0. The average molecular weight is 321 g/mol. The van der Waals surface area contributed by atoms with Gasteiger partial charge in [-0.2, -0.15) is 0 Å². The zero-order chi connectivity index (χ0) is 17.6. The first-order valence-electron chi connectivity index (χ1n) is 7.64. The van der Waals surface area contributed by atoms with Crippen LogP contribution in [0.3, 0.4) is 0 Å². The number of rotatable bonds is 1. The molecule has 1 fully saturated rings. The third-order valence-electron chi connectivity index (χ3n) is 4.05. The summed E-state index contributed by atoms with van der Waals surface area (Å²) in [5, 5.41) is 0. The van der Waals surface area contributed by atoms with Crippen LogP contribution in [-0.4, -0.2) is 34.6 Å². The molecule has 0 N–H and O–H groups in total. The minimum Gasteiger partial charge on any atom is -0.443 e. The van der Waals surface area contributed by atoms with E-state index >= 15 is 0 Å². The molecule has 0 aliphatic carbocycles. The molecule has 0 aromatic carbocycles. The molecule has 0 spiro atoms. The second kappa shape index (κ2) is 5.49. The molecule has 7 heteroatoms. The van der Waals surface area contributed by atoms with Crippen molar-refractivity contribution in [2.45, 2.75) is 65.3 Å². The van der Waals surface area contributed by atoms with Crippen LogP contribution in [0, 0.1) is 0 Å². The van der Waals surface area contributed by atoms with E-state index in [1.165, 1.54) is 12.3 Å². The smallest absolute Gasteiger partial charge is 0.443 e. The van der Waals surface area contributed by atoms with Gasteiger partial charge in [-0.05, 0) is 53.9 Å². The van der Waals surface area contributed by atoms with Crippen molar-refractivity contribution < 1.29 is 18.8 Å². The zero-order valence-corrected chi connectivity index (χ0v) is 14.8. The largest absolute Gasteiger partial charge is 0.496 e. The van der Waals surface area contributed by atoms with E-state index in [-0.39, 0.29) is 0 Å². The summed E-state index contributed by atoms with van der Waals surface area (Å²) >= 11 is 0. The molecule has 0 saturated carbocycles. The first kappa shape index (κ1) is 17.8. The van der Waals surface area contributed by atoms with Gasteiger partial charge in [0, 0.05) is 12.3 Å². The molecule has 0 bridgehead atoms. The molecule has 2 rings (SSSR count). The van der Waals surface area contributed by atoms with Crippen molar-refractivity contribution >= 4 is 18.7 Å². The molecule has 0 unspecified atom stereocenters. The van der Waals surface area contributed by atoms with Crippen LogP contribution in [0.4, 0.5) is 4.79 Å². The number of pyridine rings is 1. The average Bonchev–Trinajstić information content (AvgIpc) is 2.56. The predicted octanol–water partition coefficient (Wildman–Crippen LogP) is 1.93. The van der Waals surface area contributed by atoms with Gasteiger partial charge in [0.1, 0.15) is 5.60 Å². The first-order chi connectivity index (χ1) is 10.3. The van der Waals surface area contributed by atoms with E-state index in [9.17, 15) is 9.59 Å². The first-order valence-corrected chi connectivity index (χ1v) is 7.64. The Bertz CT molecular complexity index is 656. The lowest BCUT2D eigenvalue weighted by Crippen LogP contribution is -2.41. The second-order valence-corrected chi connectivity index (χ2v) is 7.74. The van der Waals surface area contributed by atoms with Crippen molar-refractivity contribution in [3.63, 3.8) is 0 Å². The lowest BCUT2D eigenvalue weighted by atomic mass is 9.80. The maximum absolute atomic E-state index is 12.2. The Labute approximate surface area is 136 Å². The van der Waals surface area contributed by atoms with Crippen LogP contribution in [0.1, 0.15) is 48.5 Å². The SMILES string of the molecule is CC(C)(C)OC(=O)n1cc(B2OC(C)(C)C(C)(C)O2)ccc1=O. The number of hydrogen-bond donors (Lipinski definition) is 0. The highest BCUT2D eigenvalue weighted by atomic mass is 16.7. The number of aromatic nitrogens is 1. The van der Waals surface area contributed by atoms with Crippen LogP contribution in [0.2, 0.25) is 0 Å². The number of hydrogen-bond acceptors (Lipinski definition) is 5. The molecule has 1 aliphatic heterocycles. The van der Waals surface area contributed by atoms with Gasteiger partial charge in [0.05, 0.1) is 11.2 Å². The molecule has 126 valence electrons. The van der Waals surface area contributed by atoms with E-state index in [0.717, 1.165) is 4.57 Å². The number of nitrogens with zero attached hydrogens (tertiary/aromatic N) is 1. The van der Waals surface area contributed by atoms with E-state index < -0.39 is 35.6 Å². The number of carbonyl (C=O) groups is 1. The van der Waals surface area contributed by atoms with Crippen molar-refractivity contribution in [1.82, 2.24) is 4.57 Å². The van der Waals surface area contributed by atoms with Crippen LogP contribution >= 0.6 is 0 Å². The van der Waals surface area contributed by atoms with Gasteiger partial charge in [0.25, 0.3) is 5.56 Å². The third kappa shape index (κ3) is 3.67. The van der Waals surface area contributed by atoms with E-state index in [4.69, 9.17) is 14.0 Å². The quantitative estimate of drug-likeness (QED) is 0.740. The van der Waals surface area contributed by atoms with Gasteiger partial charge in [-0.25, -0.2) is 9.36 Å². The van der Waals surface area contributed by atoms with Crippen molar-refractivity contribution in [1.29, 1.82) is 0 Å². The number of ether oxygens (including phenoxy) is 1. The minimum atomic E-state index is -0.721. The molecule has 0 atom stereocenters. The maximum Gasteiger partial charge on any atom is 0.496 e. The Morgan fingerprint density at radius 1 is 1.13 bits per heavy atom. The number of carbonyl (C=O) groups excluding carboxylic acids is 1. The van der Waals surface area contributed by atoms with Gasteiger partial charge in [0.2, 0.25) is 0 Å². The summed E-state index contributed by atoms with van der Waals surface area (Å²) in [6.07, 6.45) is 0.694. The molecular weight excluding hydrogens is 297 g/mol. The van der Waals surface area contributed by atoms with Crippen molar-refractivity contribution in [2.24, 2.45) is 0 Å². The molecule has 1 aliphatic rings. The van der Waals surface area contributed by atoms with Gasteiger partial charge in [-0.3, -0.25) is 4.79 Å². The van der Waals surface area contributed by atoms with Gasteiger partial charge in [-0.15, -0.1) is 0 Å². The maximum atomic E-state index is 12.2. The Morgan fingerprint density at radius 3 is 2.13 bits per heavy atom. The fraction of sp³-hybridized carbons (Fsp3) is 0.625. The topological polar surface area (TPSA) is 66.8 Å². The Kier molecular flexibility index (Phi) is 4.24. The van der Waals surface area contributed by atoms with Crippen LogP contribution in [0.5, 0.6) is 0 Å². The lowest BCUT2D eigenvalue weighted by molar-refractivity contribution is 0.00578. The fourth-order valence-corrected chi connectivity index (χ4v) is 2.08. The standard InChI is InChI=1S/C16H24BNO5/c1-14(2,3)21-13(20)18-10-11(8-9-12(18)19)17-22-15(4,5)16(6,7)23-17/h8-10H,1-7H3. The molecule has 1 aromatic heterocycles. The minimum absolute atomic E-state index is 0.459. The molecule has 0 amide bonds. The van der Waals surface area contributed by atoms with Crippen LogP contribution < -0.4 is 11.0 Å². The van der Waals surface area contributed by atoms with E-state index in [1.807, 2.05) is 27.7 Å². The highest BCUT2D eigenvalue weighted by molar-refractivity contribution is 6.62. The molecular formula is C16H24BNO5. The zero-order valence-electron chi connectivity index (χ0n) is 14.8. The van der Waals surface area contributed by atoms with Gasteiger partial charge < -0.3 is 14.0 Å². The highest BCUT2D eigenvalue weighted by Gasteiger charge is 2.51. The van der Waals surface area contributed by atoms with E-state index in [1.54, 1.807) is 26.8 Å². The third-order valence-corrected chi connectivity index (χ3v) is 4.05. The summed E-state index contributed by atoms with van der Waals surface area (Å²) in [6, 6.07) is 2.91. The van der Waals surface area contributed by atoms with Gasteiger partial charge in [-0.1, -0.05) is 6.07 Å². The lowest BCUT2D eigenvalue weighted by Gasteiger charge is -2.32. The van der Waals surface area contributed by atoms with E-state index in [0.29, 0.717) is 5.46 Å². The summed E-state index contributed by atoms with van der Waals surface area (Å²) in [7, 11) is -0.644. The summed E-state index contributed by atoms with van der Waals surface area (Å²) in [5.74, 6) is 0. The Morgan fingerprint density at radius 2 is 1.65 bits per heavy atom. The molecule has 1 aromatic rings. The monoisotopic (exact) mass is 321 g/mol. The van der Waals surface area contributed by atoms with Crippen LogP contribution in [-0.2, 0) is 14.0 Å². The second-order valence-electron chi connectivity index (χ2n) is 7.74. The fourth-order valence-electron chi connectivity index (χ4n) is 2.08. The normalized spacial score (nSPS) is 19.7. The Balaban J connectivity index is 2.32. The van der Waals surface area contributed by atoms with E-state index in [2.05, 4.69) is 0 Å². The van der Waals surface area contributed by atoms with Crippen LogP contribution in [0.25, 0.3) is 0 Å². The van der Waals surface area contributed by atoms with Crippen molar-refractivity contribution in [3.05, 3.63) is 28.7 Å². The van der Waals surface area contributed by atoms with Gasteiger partial charge in [0.15, 0.2) is 0 Å². The molecule has 23 heavy (non-hydrogen) atoms. The summed E-state index contributed by atoms with van der Waals surface area (Å²) in [5.41, 5.74) is -1.54. The van der Waals surface area contributed by atoms with Crippen LogP contribution in [0.15, 0.2) is 23.1 Å². The molecule has 2 heterocycles. The molecule has 0 radical (unpaired) electrons. The summed E-state index contributed by atoms with van der Waals surface area (Å²) in [4.78, 5) is 24.1. The molecule has 6 nitrogen and oxygen atoms in total.